The fourth-order valence-electron chi connectivity index (χ4n) is 7.21. The highest BCUT2D eigenvalue weighted by Gasteiger charge is 2.33. The van der Waals surface area contributed by atoms with Crippen LogP contribution in [0.2, 0.25) is 0 Å². The molecule has 344 valence electrons. The molecule has 1 aliphatic rings. The van der Waals surface area contributed by atoms with Crippen molar-refractivity contribution in [1.29, 1.82) is 0 Å². The van der Waals surface area contributed by atoms with Gasteiger partial charge in [-0.15, -0.1) is 0 Å². The lowest BCUT2D eigenvalue weighted by Gasteiger charge is -2.31. The number of nitrogens with zero attached hydrogens (tertiary/aromatic N) is 1. The summed E-state index contributed by atoms with van der Waals surface area (Å²) in [4.78, 5) is 81.4. The molecular formula is C45H74N6O10. The van der Waals surface area contributed by atoms with Crippen molar-refractivity contribution in [3.05, 3.63) is 47.2 Å². The molecule has 0 aromatic heterocycles. The van der Waals surface area contributed by atoms with Crippen LogP contribution in [-0.2, 0) is 44.8 Å². The van der Waals surface area contributed by atoms with Crippen LogP contribution in [0, 0.1) is 11.8 Å². The molecule has 1 aromatic rings. The van der Waals surface area contributed by atoms with Crippen LogP contribution >= 0.6 is 0 Å². The van der Waals surface area contributed by atoms with E-state index in [-0.39, 0.29) is 57.1 Å². The molecule has 16 heteroatoms. The maximum Gasteiger partial charge on any atom is 0.407 e. The summed E-state index contributed by atoms with van der Waals surface area (Å²) in [7, 11) is 3.28. The number of aliphatic hydroxyl groups is 1. The van der Waals surface area contributed by atoms with Crippen LogP contribution < -0.4 is 26.6 Å². The molecular weight excluding hydrogens is 785 g/mol. The molecule has 4 unspecified atom stereocenters. The normalized spacial score (nSPS) is 15.9. The number of alkyl carbamates (subject to hydrolysis) is 1. The minimum Gasteiger partial charge on any atom is -0.475 e. The molecule has 1 fully saturated rings. The van der Waals surface area contributed by atoms with Crippen molar-refractivity contribution in [1.82, 2.24) is 31.5 Å². The Labute approximate surface area is 363 Å². The first-order valence-corrected chi connectivity index (χ1v) is 22.1. The number of hydrogen-bond donors (Lipinski definition) is 6. The Morgan fingerprint density at radius 3 is 2.20 bits per heavy atom. The number of rotatable bonds is 29. The second-order valence-electron chi connectivity index (χ2n) is 16.3. The number of allylic oxidation sites excluding steroid dienone is 1. The van der Waals surface area contributed by atoms with Crippen LogP contribution in [0.4, 0.5) is 4.79 Å². The predicted octanol–water partition coefficient (Wildman–Crippen LogP) is 4.24. The molecule has 5 amide bonds. The van der Waals surface area contributed by atoms with Gasteiger partial charge in [-0.2, -0.15) is 0 Å². The fraction of sp³-hybridized carbons (Fsp3) is 0.689. The highest BCUT2D eigenvalue weighted by Crippen LogP contribution is 2.26. The largest absolute Gasteiger partial charge is 0.475 e. The van der Waals surface area contributed by atoms with E-state index in [0.717, 1.165) is 69.6 Å². The Hall–Kier alpha value is -4.54. The van der Waals surface area contributed by atoms with Gasteiger partial charge in [-0.25, -0.2) is 4.79 Å². The van der Waals surface area contributed by atoms with E-state index >= 15 is 0 Å². The van der Waals surface area contributed by atoms with E-state index in [0.29, 0.717) is 24.2 Å². The lowest BCUT2D eigenvalue weighted by molar-refractivity contribution is -0.135. The van der Waals surface area contributed by atoms with Gasteiger partial charge in [0.15, 0.2) is 6.23 Å². The summed E-state index contributed by atoms with van der Waals surface area (Å²) < 4.78 is 17.3. The summed E-state index contributed by atoms with van der Waals surface area (Å²) >= 11 is 0. The SMILES string of the molecule is CCCCCC/C(O[C@@H](C)NC(=O)C(COCCCO)NC(=O)C(CNC(=O)OCc1ccccc1)NC(=O)C(NC)C1CCCCC1)=C(\C)C(=O)N(C)C(C=O)CC(C)C. The van der Waals surface area contributed by atoms with Gasteiger partial charge in [0.25, 0.3) is 5.91 Å². The number of likely N-dealkylation sites (N-methyl/N-ethyl adjacent to an activating group) is 2. The molecule has 0 saturated heterocycles. The molecule has 0 radical (unpaired) electrons. The Bertz CT molecular complexity index is 1520. The van der Waals surface area contributed by atoms with Crippen LogP contribution in [0.3, 0.4) is 0 Å². The molecule has 0 spiro atoms. The van der Waals surface area contributed by atoms with Crippen LogP contribution in [0.5, 0.6) is 0 Å². The van der Waals surface area contributed by atoms with E-state index in [1.807, 2.05) is 32.0 Å². The maximum absolute atomic E-state index is 14.1. The van der Waals surface area contributed by atoms with Crippen molar-refractivity contribution in [3.8, 4) is 0 Å². The Kier molecular flexibility index (Phi) is 25.6. The van der Waals surface area contributed by atoms with Gasteiger partial charge in [0.05, 0.1) is 30.8 Å². The molecule has 1 aromatic carbocycles. The number of aldehydes is 1. The Morgan fingerprint density at radius 2 is 1.57 bits per heavy atom. The number of carbonyl (C=O) groups excluding carboxylic acids is 6. The zero-order valence-corrected chi connectivity index (χ0v) is 37.6. The quantitative estimate of drug-likeness (QED) is 0.0220. The van der Waals surface area contributed by atoms with Crippen molar-refractivity contribution in [2.75, 3.05) is 40.5 Å². The smallest absolute Gasteiger partial charge is 0.407 e. The molecule has 1 saturated carbocycles. The monoisotopic (exact) mass is 859 g/mol. The lowest BCUT2D eigenvalue weighted by Crippen LogP contribution is -2.61. The average molecular weight is 859 g/mol. The molecule has 0 heterocycles. The van der Waals surface area contributed by atoms with E-state index in [2.05, 4.69) is 33.5 Å². The molecule has 61 heavy (non-hydrogen) atoms. The Morgan fingerprint density at radius 1 is 0.902 bits per heavy atom. The zero-order valence-electron chi connectivity index (χ0n) is 37.6. The first-order valence-electron chi connectivity index (χ1n) is 22.1. The molecule has 6 N–H and O–H groups in total. The van der Waals surface area contributed by atoms with Gasteiger partial charge in [-0.3, -0.25) is 19.2 Å². The summed E-state index contributed by atoms with van der Waals surface area (Å²) in [6, 6.07) is 5.27. The lowest BCUT2D eigenvalue weighted by atomic mass is 9.83. The molecule has 0 bridgehead atoms. The third-order valence-electron chi connectivity index (χ3n) is 10.7. The second-order valence-corrected chi connectivity index (χ2v) is 16.3. The summed E-state index contributed by atoms with van der Waals surface area (Å²) in [6.07, 6.45) is 8.61. The molecule has 2 rings (SSSR count). The van der Waals surface area contributed by atoms with Crippen LogP contribution in [0.1, 0.15) is 117 Å². The molecule has 1 aliphatic carbocycles. The first-order chi connectivity index (χ1) is 29.3. The van der Waals surface area contributed by atoms with Gasteiger partial charge < -0.3 is 55.6 Å². The van der Waals surface area contributed by atoms with Crippen molar-refractivity contribution in [2.45, 2.75) is 149 Å². The van der Waals surface area contributed by atoms with Crippen molar-refractivity contribution < 1.29 is 48.1 Å². The fourth-order valence-corrected chi connectivity index (χ4v) is 7.21. The van der Waals surface area contributed by atoms with E-state index in [1.54, 1.807) is 40.1 Å². The van der Waals surface area contributed by atoms with E-state index < -0.39 is 54.2 Å². The number of hydrogen-bond acceptors (Lipinski definition) is 11. The Balaban J connectivity index is 2.32. The number of ether oxygens (including phenoxy) is 3. The van der Waals surface area contributed by atoms with Crippen molar-refractivity contribution >= 4 is 36.0 Å². The number of aliphatic hydroxyl groups excluding tert-OH is 1. The predicted molar refractivity (Wildman–Crippen MR) is 233 cm³/mol. The topological polar surface area (TPSA) is 214 Å². The van der Waals surface area contributed by atoms with Crippen LogP contribution in [-0.4, -0.2) is 117 Å². The number of benzene rings is 1. The molecule has 16 nitrogen and oxygen atoms in total. The van der Waals surface area contributed by atoms with Gasteiger partial charge >= 0.3 is 6.09 Å². The van der Waals surface area contributed by atoms with Gasteiger partial charge in [-0.1, -0.05) is 89.6 Å². The summed E-state index contributed by atoms with van der Waals surface area (Å²) in [6.45, 7) is 8.60. The van der Waals surface area contributed by atoms with Crippen LogP contribution in [0.15, 0.2) is 41.7 Å². The van der Waals surface area contributed by atoms with E-state index in [4.69, 9.17) is 14.2 Å². The number of unbranched alkanes of at least 4 members (excludes halogenated alkanes) is 3. The third kappa shape index (κ3) is 19.8. The van der Waals surface area contributed by atoms with Gasteiger partial charge in [-0.05, 0) is 70.4 Å². The van der Waals surface area contributed by atoms with Crippen molar-refractivity contribution in [2.24, 2.45) is 11.8 Å². The van der Waals surface area contributed by atoms with Gasteiger partial charge in [0.1, 0.15) is 30.7 Å². The summed E-state index contributed by atoms with van der Waals surface area (Å²) in [5, 5.41) is 23.2. The molecule has 0 aliphatic heterocycles. The van der Waals surface area contributed by atoms with E-state index in [9.17, 15) is 33.9 Å². The molecule has 5 atom stereocenters. The first kappa shape index (κ1) is 52.6. The summed E-state index contributed by atoms with van der Waals surface area (Å²) in [5.74, 6) is -1.60. The number of amides is 5. The van der Waals surface area contributed by atoms with Crippen LogP contribution in [0.25, 0.3) is 0 Å². The zero-order chi connectivity index (χ0) is 45.2. The minimum atomic E-state index is -1.31. The van der Waals surface area contributed by atoms with Crippen molar-refractivity contribution in [3.63, 3.8) is 0 Å². The highest BCUT2D eigenvalue weighted by molar-refractivity contribution is 5.95. The number of carbonyl (C=O) groups is 6. The standard InChI is InChI=1S/C45H74N6O10/c1-8-9-10-17-23-39(32(4)44(57)51(7)36(28-53)26-31(2)3)61-33(5)48-42(55)38(30-59-25-18-24-52)50-41(54)37(27-47-45(58)60-29-34-19-13-11-14-20-34)49-43(56)40(46-6)35-21-15-12-16-22-35/h11,13-14,19-20,28,31,33,35-38,40,46,52H,8-10,12,15-18,21-27,29-30H2,1-7H3,(H,47,58)(H,48,55)(H,49,56)(H,50,54)/b39-32-/t33-,36?,37?,38?,40?/m0/s1. The van der Waals surface area contributed by atoms with Gasteiger partial charge in [0, 0.05) is 26.7 Å². The van der Waals surface area contributed by atoms with E-state index in [1.165, 1.54) is 4.90 Å². The summed E-state index contributed by atoms with van der Waals surface area (Å²) in [5.41, 5.74) is 1.08. The average Bonchev–Trinajstić information content (AvgIpc) is 3.25. The minimum absolute atomic E-state index is 0.00942. The van der Waals surface area contributed by atoms with Gasteiger partial charge in [0.2, 0.25) is 17.7 Å². The highest BCUT2D eigenvalue weighted by atomic mass is 16.5. The third-order valence-corrected chi connectivity index (χ3v) is 10.7. The maximum atomic E-state index is 14.1. The second kappa shape index (κ2) is 29.7. The number of nitrogens with one attached hydrogen (secondary N) is 5.